The fraction of sp³-hybridized carbons (Fsp3) is 0.0370. The van der Waals surface area contributed by atoms with Gasteiger partial charge in [0.2, 0.25) is 0 Å². The summed E-state index contributed by atoms with van der Waals surface area (Å²) in [5.74, 6) is 0.993. The molecule has 10 aromatic rings. The van der Waals surface area contributed by atoms with Gasteiger partial charge in [-0.15, -0.1) is 0 Å². The zero-order valence-electron chi connectivity index (χ0n) is 31.1. The third kappa shape index (κ3) is 4.99. The van der Waals surface area contributed by atoms with E-state index in [2.05, 4.69) is 193 Å². The molecule has 8 aromatic carbocycles. The topological polar surface area (TPSA) is 30.7 Å². The molecule has 0 saturated heterocycles. The second-order valence-electron chi connectivity index (χ2n) is 15.3. The van der Waals surface area contributed by atoms with Crippen molar-refractivity contribution in [3.63, 3.8) is 0 Å². The van der Waals surface area contributed by atoms with Gasteiger partial charge in [0.05, 0.1) is 22.4 Å². The van der Waals surface area contributed by atoms with Crippen LogP contribution in [0.3, 0.4) is 0 Å². The average molecular weight is 726 g/mol. The number of rotatable bonds is 5. The number of para-hydroxylation sites is 1. The largest absolute Gasteiger partial charge is 0.309 e. The van der Waals surface area contributed by atoms with E-state index in [1.165, 1.54) is 77.4 Å². The number of fused-ring (bicyclic) bond motifs is 9. The van der Waals surface area contributed by atoms with Gasteiger partial charge >= 0.3 is 0 Å². The SMILES string of the molecule is c1ccc(-c2nc(-c3cccc(-n4c5ccccc5c5cc(-c6ccc7c(c6)-c6ccccc6C7c6ccccc6)ccc54)c3)c3c(n2)-c2ccccc2C3)cc1. The summed E-state index contributed by atoms with van der Waals surface area (Å²) >= 11 is 0. The molecule has 0 amide bonds. The predicted molar refractivity (Wildman–Crippen MR) is 234 cm³/mol. The molecule has 2 aliphatic carbocycles. The van der Waals surface area contributed by atoms with Crippen molar-refractivity contribution in [1.82, 2.24) is 14.5 Å². The molecule has 0 N–H and O–H groups in total. The highest BCUT2D eigenvalue weighted by molar-refractivity contribution is 6.10. The van der Waals surface area contributed by atoms with Crippen molar-refractivity contribution in [1.29, 1.82) is 0 Å². The van der Waals surface area contributed by atoms with Crippen molar-refractivity contribution >= 4 is 21.8 Å². The molecular weight excluding hydrogens is 691 g/mol. The quantitative estimate of drug-likeness (QED) is 0.177. The van der Waals surface area contributed by atoms with Crippen molar-refractivity contribution in [2.75, 3.05) is 0 Å². The van der Waals surface area contributed by atoms with Gasteiger partial charge < -0.3 is 4.57 Å². The average Bonchev–Trinajstić information content (AvgIpc) is 3.94. The molecule has 0 saturated carbocycles. The van der Waals surface area contributed by atoms with Crippen LogP contribution in [0.1, 0.15) is 33.7 Å². The van der Waals surface area contributed by atoms with E-state index in [1.807, 2.05) is 6.07 Å². The van der Waals surface area contributed by atoms with Gasteiger partial charge in [-0.1, -0.05) is 158 Å². The number of aromatic nitrogens is 3. The zero-order valence-corrected chi connectivity index (χ0v) is 31.1. The molecule has 1 atom stereocenters. The minimum absolute atomic E-state index is 0.242. The standard InChI is InChI=1S/C54H35N3/c1-3-14-34(15-4-1)51-44-24-10-9-22-42(44)46-31-36(26-28-45(46)51)37-27-29-50-47(32-37)43-23-11-12-25-49(43)57(50)40-20-13-19-39(30-40)52-48-33-38-18-7-8-21-41(38)53(48)56-54(55-52)35-16-5-2-6-17-35/h1-32,51H,33H2. The van der Waals surface area contributed by atoms with Crippen LogP contribution in [0, 0.1) is 0 Å². The molecule has 2 aliphatic rings. The first-order valence-electron chi connectivity index (χ1n) is 19.7. The maximum Gasteiger partial charge on any atom is 0.160 e. The molecule has 0 spiro atoms. The molecule has 3 heteroatoms. The normalized spacial score (nSPS) is 13.7. The first-order valence-corrected chi connectivity index (χ1v) is 19.7. The van der Waals surface area contributed by atoms with Gasteiger partial charge in [0, 0.05) is 51.1 Å². The smallest absolute Gasteiger partial charge is 0.160 e. The Bertz CT molecular complexity index is 3210. The summed E-state index contributed by atoms with van der Waals surface area (Å²) in [7, 11) is 0. The molecule has 0 bridgehead atoms. The molecule has 0 radical (unpaired) electrons. The summed E-state index contributed by atoms with van der Waals surface area (Å²) in [4.78, 5) is 10.5. The van der Waals surface area contributed by atoms with Crippen LogP contribution < -0.4 is 0 Å². The number of hydrogen-bond donors (Lipinski definition) is 0. The van der Waals surface area contributed by atoms with Crippen LogP contribution in [-0.2, 0) is 6.42 Å². The summed E-state index contributed by atoms with van der Waals surface area (Å²) in [5, 5.41) is 2.47. The first kappa shape index (κ1) is 31.9. The van der Waals surface area contributed by atoms with E-state index in [0.29, 0.717) is 0 Å². The van der Waals surface area contributed by atoms with Crippen LogP contribution in [0.25, 0.3) is 83.6 Å². The molecular formula is C54H35N3. The van der Waals surface area contributed by atoms with Gasteiger partial charge in [-0.3, -0.25) is 0 Å². The summed E-state index contributed by atoms with van der Waals surface area (Å²) in [6, 6.07) is 70.5. The predicted octanol–water partition coefficient (Wildman–Crippen LogP) is 13.3. The monoisotopic (exact) mass is 725 g/mol. The van der Waals surface area contributed by atoms with Crippen LogP contribution in [0.15, 0.2) is 194 Å². The van der Waals surface area contributed by atoms with Gasteiger partial charge in [0.25, 0.3) is 0 Å². The van der Waals surface area contributed by atoms with Crippen LogP contribution >= 0.6 is 0 Å². The van der Waals surface area contributed by atoms with Crippen LogP contribution in [0.2, 0.25) is 0 Å². The van der Waals surface area contributed by atoms with E-state index in [9.17, 15) is 0 Å². The van der Waals surface area contributed by atoms with Crippen molar-refractivity contribution in [3.05, 3.63) is 222 Å². The van der Waals surface area contributed by atoms with Gasteiger partial charge in [-0.2, -0.15) is 0 Å². The highest BCUT2D eigenvalue weighted by Crippen LogP contribution is 2.49. The fourth-order valence-corrected chi connectivity index (χ4v) is 9.54. The molecule has 12 rings (SSSR count). The summed E-state index contributed by atoms with van der Waals surface area (Å²) in [6.07, 6.45) is 0.819. The highest BCUT2D eigenvalue weighted by atomic mass is 15.0. The molecule has 57 heavy (non-hydrogen) atoms. The zero-order chi connectivity index (χ0) is 37.5. The van der Waals surface area contributed by atoms with Crippen LogP contribution in [0.4, 0.5) is 0 Å². The molecule has 0 aliphatic heterocycles. The Morgan fingerprint density at radius 1 is 0.421 bits per heavy atom. The summed E-state index contributed by atoms with van der Waals surface area (Å²) < 4.78 is 2.41. The lowest BCUT2D eigenvalue weighted by Gasteiger charge is -2.15. The molecule has 0 fully saturated rings. The van der Waals surface area contributed by atoms with E-state index in [1.54, 1.807) is 0 Å². The Kier molecular flexibility index (Phi) is 7.05. The second kappa shape index (κ2) is 12.6. The van der Waals surface area contributed by atoms with E-state index in [4.69, 9.17) is 9.97 Å². The Hall–Kier alpha value is -7.36. The lowest BCUT2D eigenvalue weighted by Crippen LogP contribution is -2.00. The van der Waals surface area contributed by atoms with Gasteiger partial charge in [-0.05, 0) is 80.9 Å². The first-order chi connectivity index (χ1) is 28.3. The van der Waals surface area contributed by atoms with Gasteiger partial charge in [-0.25, -0.2) is 9.97 Å². The van der Waals surface area contributed by atoms with Crippen molar-refractivity contribution < 1.29 is 0 Å². The van der Waals surface area contributed by atoms with Crippen molar-refractivity contribution in [2.45, 2.75) is 12.3 Å². The van der Waals surface area contributed by atoms with Crippen LogP contribution in [-0.4, -0.2) is 14.5 Å². The maximum absolute atomic E-state index is 5.30. The molecule has 266 valence electrons. The minimum Gasteiger partial charge on any atom is -0.309 e. The van der Waals surface area contributed by atoms with E-state index in [0.717, 1.165) is 40.4 Å². The van der Waals surface area contributed by atoms with Crippen LogP contribution in [0.5, 0.6) is 0 Å². The van der Waals surface area contributed by atoms with E-state index in [-0.39, 0.29) is 5.92 Å². The summed E-state index contributed by atoms with van der Waals surface area (Å²) in [6.45, 7) is 0. The third-order valence-corrected chi connectivity index (χ3v) is 12.1. The fourth-order valence-electron chi connectivity index (χ4n) is 9.54. The second-order valence-corrected chi connectivity index (χ2v) is 15.3. The Morgan fingerprint density at radius 2 is 1.09 bits per heavy atom. The van der Waals surface area contributed by atoms with Gasteiger partial charge in [0.15, 0.2) is 5.82 Å². The van der Waals surface area contributed by atoms with Crippen molar-refractivity contribution in [2.24, 2.45) is 0 Å². The molecule has 1 unspecified atom stereocenters. The third-order valence-electron chi connectivity index (χ3n) is 12.1. The van der Waals surface area contributed by atoms with E-state index >= 15 is 0 Å². The Labute approximate surface area is 331 Å². The van der Waals surface area contributed by atoms with Gasteiger partial charge in [0.1, 0.15) is 0 Å². The maximum atomic E-state index is 5.30. The molecule has 3 nitrogen and oxygen atoms in total. The highest BCUT2D eigenvalue weighted by Gasteiger charge is 2.30. The minimum atomic E-state index is 0.242. The van der Waals surface area contributed by atoms with E-state index < -0.39 is 0 Å². The summed E-state index contributed by atoms with van der Waals surface area (Å²) in [5.41, 5.74) is 20.5. The Balaban J connectivity index is 0.990. The lowest BCUT2D eigenvalue weighted by molar-refractivity contribution is 1.02. The molecule has 2 aromatic heterocycles. The number of nitrogens with zero attached hydrogens (tertiary/aromatic N) is 3. The number of hydrogen-bond acceptors (Lipinski definition) is 2. The lowest BCUT2D eigenvalue weighted by atomic mass is 9.89. The molecule has 2 heterocycles. The Morgan fingerprint density at radius 3 is 1.98 bits per heavy atom. The number of benzene rings is 8. The van der Waals surface area contributed by atoms with Crippen molar-refractivity contribution in [3.8, 4) is 61.8 Å².